The highest BCUT2D eigenvalue weighted by Crippen LogP contribution is 2.50. The van der Waals surface area contributed by atoms with Crippen molar-refractivity contribution in [3.05, 3.63) is 193 Å². The molecule has 0 radical (unpaired) electrons. The Bertz CT molecular complexity index is 2580. The fourth-order valence-corrected chi connectivity index (χ4v) is 8.92. The molecule has 0 aliphatic heterocycles. The van der Waals surface area contributed by atoms with E-state index in [1.807, 2.05) is 11.3 Å². The zero-order chi connectivity index (χ0) is 32.7. The van der Waals surface area contributed by atoms with Gasteiger partial charge in [0.05, 0.1) is 0 Å². The highest BCUT2D eigenvalue weighted by atomic mass is 32.1. The average molecular weight is 643 g/mol. The van der Waals surface area contributed by atoms with E-state index in [0.29, 0.717) is 0 Å². The third-order valence-corrected chi connectivity index (χ3v) is 11.3. The molecule has 232 valence electrons. The molecule has 0 saturated heterocycles. The molecular formula is C48H34S. The average Bonchev–Trinajstić information content (AvgIpc) is 3.58. The van der Waals surface area contributed by atoms with Crippen LogP contribution in [-0.2, 0) is 0 Å². The van der Waals surface area contributed by atoms with Gasteiger partial charge in [0.2, 0.25) is 0 Å². The topological polar surface area (TPSA) is 0 Å². The zero-order valence-electron chi connectivity index (χ0n) is 27.3. The zero-order valence-corrected chi connectivity index (χ0v) is 28.1. The minimum atomic E-state index is 0.282. The lowest BCUT2D eigenvalue weighted by atomic mass is 9.85. The predicted octanol–water partition coefficient (Wildman–Crippen LogP) is 14.0. The van der Waals surface area contributed by atoms with Gasteiger partial charge in [-0.1, -0.05) is 177 Å². The summed E-state index contributed by atoms with van der Waals surface area (Å²) in [6.07, 6.45) is 0. The van der Waals surface area contributed by atoms with Crippen LogP contribution in [0.1, 0.15) is 24.0 Å². The van der Waals surface area contributed by atoms with E-state index < -0.39 is 0 Å². The van der Waals surface area contributed by atoms with Crippen LogP contribution in [0.15, 0.2) is 182 Å². The Kier molecular flexibility index (Phi) is 7.41. The van der Waals surface area contributed by atoms with Crippen LogP contribution in [0.5, 0.6) is 0 Å². The van der Waals surface area contributed by atoms with Gasteiger partial charge in [0.1, 0.15) is 0 Å². The molecule has 0 aliphatic rings. The number of fused-ring (bicyclic) bond motifs is 4. The predicted molar refractivity (Wildman–Crippen MR) is 213 cm³/mol. The summed E-state index contributed by atoms with van der Waals surface area (Å²) >= 11 is 1.93. The number of benzene rings is 8. The van der Waals surface area contributed by atoms with Crippen LogP contribution >= 0.6 is 11.3 Å². The van der Waals surface area contributed by atoms with Crippen molar-refractivity contribution in [2.24, 2.45) is 0 Å². The van der Waals surface area contributed by atoms with Gasteiger partial charge < -0.3 is 0 Å². The Morgan fingerprint density at radius 2 is 0.898 bits per heavy atom. The van der Waals surface area contributed by atoms with Crippen molar-refractivity contribution in [1.29, 1.82) is 0 Å². The first-order chi connectivity index (χ1) is 24.2. The lowest BCUT2D eigenvalue weighted by Gasteiger charge is -2.18. The summed E-state index contributed by atoms with van der Waals surface area (Å²) < 4.78 is 2.65. The summed E-state index contributed by atoms with van der Waals surface area (Å²) in [4.78, 5) is 0. The molecule has 49 heavy (non-hydrogen) atoms. The van der Waals surface area contributed by atoms with Gasteiger partial charge in [-0.3, -0.25) is 0 Å². The van der Waals surface area contributed by atoms with Crippen molar-refractivity contribution in [3.63, 3.8) is 0 Å². The third-order valence-electron chi connectivity index (χ3n) is 10.0. The molecule has 0 amide bonds. The fourth-order valence-electron chi connectivity index (χ4n) is 7.54. The lowest BCUT2D eigenvalue weighted by molar-refractivity contribution is 0.933. The minimum Gasteiger partial charge on any atom is -0.134 e. The number of rotatable bonds is 6. The second kappa shape index (κ2) is 12.4. The van der Waals surface area contributed by atoms with Crippen molar-refractivity contribution >= 4 is 42.3 Å². The first kappa shape index (κ1) is 29.4. The second-order valence-corrected chi connectivity index (χ2v) is 13.9. The molecule has 0 aliphatic carbocycles. The lowest BCUT2D eigenvalue weighted by Crippen LogP contribution is -1.98. The van der Waals surface area contributed by atoms with Crippen LogP contribution in [0, 0.1) is 0 Å². The molecule has 0 bridgehead atoms. The molecule has 9 rings (SSSR count). The second-order valence-electron chi connectivity index (χ2n) is 12.8. The normalized spacial score (nSPS) is 12.1. The number of thiophene rings is 1. The van der Waals surface area contributed by atoms with E-state index in [0.717, 1.165) is 0 Å². The van der Waals surface area contributed by atoms with Crippen LogP contribution < -0.4 is 0 Å². The Morgan fingerprint density at radius 1 is 0.367 bits per heavy atom. The molecule has 0 fully saturated rings. The molecule has 1 unspecified atom stereocenters. The highest BCUT2D eigenvalue weighted by molar-refractivity contribution is 7.27. The van der Waals surface area contributed by atoms with Gasteiger partial charge in [-0.15, -0.1) is 11.3 Å². The standard InChI is InChI=1S/C48H34S/c1-32(33-16-6-2-7-17-33)38-26-28-42(41-25-15-14-24-40(38)41)43-29-27-39(35-20-10-4-11-21-35)48-46(43)45-31-37(34-18-8-3-9-19-34)30-44(47(45)49-48)36-22-12-5-13-23-36/h2-32H,1H3. The van der Waals surface area contributed by atoms with Crippen molar-refractivity contribution in [3.8, 4) is 44.5 Å². The van der Waals surface area contributed by atoms with Gasteiger partial charge >= 0.3 is 0 Å². The summed E-state index contributed by atoms with van der Waals surface area (Å²) in [5, 5.41) is 5.23. The molecular weight excluding hydrogens is 609 g/mol. The summed E-state index contributed by atoms with van der Waals surface area (Å²) in [5.41, 5.74) is 12.7. The molecule has 1 heteroatoms. The van der Waals surface area contributed by atoms with Crippen molar-refractivity contribution < 1.29 is 0 Å². The SMILES string of the molecule is CC(c1ccccc1)c1ccc(-c2ccc(-c3ccccc3)c3sc4c(-c5ccccc5)cc(-c5ccccc5)cc4c23)c2ccccc12. The molecule has 1 heterocycles. The highest BCUT2D eigenvalue weighted by Gasteiger charge is 2.21. The summed E-state index contributed by atoms with van der Waals surface area (Å²) in [5.74, 6) is 0.282. The largest absolute Gasteiger partial charge is 0.134 e. The first-order valence-corrected chi connectivity index (χ1v) is 17.8. The van der Waals surface area contributed by atoms with E-state index in [1.165, 1.54) is 86.6 Å². The summed E-state index contributed by atoms with van der Waals surface area (Å²) in [6.45, 7) is 2.33. The maximum Gasteiger partial charge on any atom is 0.0440 e. The van der Waals surface area contributed by atoms with Gasteiger partial charge in [0.15, 0.2) is 0 Å². The maximum absolute atomic E-state index is 2.43. The Hall–Kier alpha value is -5.76. The van der Waals surface area contributed by atoms with Crippen LogP contribution in [0.4, 0.5) is 0 Å². The minimum absolute atomic E-state index is 0.282. The Balaban J connectivity index is 1.38. The number of hydrogen-bond acceptors (Lipinski definition) is 1. The Labute approximate surface area is 291 Å². The van der Waals surface area contributed by atoms with Crippen molar-refractivity contribution in [2.45, 2.75) is 12.8 Å². The van der Waals surface area contributed by atoms with Crippen molar-refractivity contribution in [2.75, 3.05) is 0 Å². The number of hydrogen-bond donors (Lipinski definition) is 0. The smallest absolute Gasteiger partial charge is 0.0440 e. The molecule has 0 N–H and O–H groups in total. The first-order valence-electron chi connectivity index (χ1n) is 17.0. The summed E-state index contributed by atoms with van der Waals surface area (Å²) in [7, 11) is 0. The Morgan fingerprint density at radius 3 is 1.57 bits per heavy atom. The van der Waals surface area contributed by atoms with Crippen LogP contribution in [0.3, 0.4) is 0 Å². The van der Waals surface area contributed by atoms with E-state index in [4.69, 9.17) is 0 Å². The van der Waals surface area contributed by atoms with Crippen LogP contribution in [-0.4, -0.2) is 0 Å². The van der Waals surface area contributed by atoms with E-state index >= 15 is 0 Å². The molecule has 0 saturated carbocycles. The van der Waals surface area contributed by atoms with Crippen molar-refractivity contribution in [1.82, 2.24) is 0 Å². The molecule has 9 aromatic rings. The monoisotopic (exact) mass is 642 g/mol. The van der Waals surface area contributed by atoms with E-state index in [9.17, 15) is 0 Å². The van der Waals surface area contributed by atoms with Crippen LogP contribution in [0.25, 0.3) is 75.5 Å². The quantitative estimate of drug-likeness (QED) is 0.169. The van der Waals surface area contributed by atoms with Gasteiger partial charge in [-0.2, -0.15) is 0 Å². The van der Waals surface area contributed by atoms with E-state index in [2.05, 4.69) is 189 Å². The van der Waals surface area contributed by atoms with Crippen LogP contribution in [0.2, 0.25) is 0 Å². The van der Waals surface area contributed by atoms with Gasteiger partial charge in [-0.05, 0) is 73.0 Å². The third kappa shape index (κ3) is 5.15. The molecule has 1 aromatic heterocycles. The maximum atomic E-state index is 2.43. The summed E-state index contributed by atoms with van der Waals surface area (Å²) in [6, 6.07) is 66.7. The van der Waals surface area contributed by atoms with E-state index in [1.54, 1.807) is 0 Å². The molecule has 1 atom stereocenters. The molecule has 0 nitrogen and oxygen atoms in total. The van der Waals surface area contributed by atoms with E-state index in [-0.39, 0.29) is 5.92 Å². The molecule has 0 spiro atoms. The van der Waals surface area contributed by atoms with Gasteiger partial charge in [0, 0.05) is 31.7 Å². The van der Waals surface area contributed by atoms with Gasteiger partial charge in [-0.25, -0.2) is 0 Å². The molecule has 8 aromatic carbocycles. The fraction of sp³-hybridized carbons (Fsp3) is 0.0417. The van der Waals surface area contributed by atoms with Gasteiger partial charge in [0.25, 0.3) is 0 Å².